The maximum absolute atomic E-state index is 8.36. The first-order valence-corrected chi connectivity index (χ1v) is 6.77. The summed E-state index contributed by atoms with van der Waals surface area (Å²) in [4.78, 5) is 20.0. The first-order valence-electron chi connectivity index (χ1n) is 6.77. The zero-order valence-corrected chi connectivity index (χ0v) is 12.4. The number of carboxylic acid groups (broad SMARTS) is 1. The molecule has 0 saturated heterocycles. The van der Waals surface area contributed by atoms with Gasteiger partial charge in [0.2, 0.25) is 0 Å². The molecular weight excluding hydrogens is 282 g/mol. The van der Waals surface area contributed by atoms with Crippen molar-refractivity contribution in [2.24, 2.45) is 0 Å². The van der Waals surface area contributed by atoms with Gasteiger partial charge < -0.3 is 14.8 Å². The molecule has 0 atom stereocenters. The monoisotopic (exact) mass is 299 g/mol. The largest absolute Gasteiger partial charge is 0.491 e. The SMILES string of the molecule is CC(C)Oc1cccc(-c2cncc3[nH]cnc23)c1.O=CO. The standard InChI is InChI=1S/C15H15N3O.CH2O2/c1-10(2)19-12-5-3-4-11(6-12)13-7-16-8-14-15(13)18-9-17-14;2-1-3/h3-10H,1-2H3,(H,17,18);1H,(H,2,3). The lowest BCUT2D eigenvalue weighted by molar-refractivity contribution is -0.122. The van der Waals surface area contributed by atoms with Gasteiger partial charge in [-0.15, -0.1) is 0 Å². The summed E-state index contributed by atoms with van der Waals surface area (Å²) in [6.07, 6.45) is 5.46. The topological polar surface area (TPSA) is 88.1 Å². The normalized spacial score (nSPS) is 10.1. The number of ether oxygens (including phenoxy) is 1. The Bertz CT molecular complexity index is 753. The molecule has 0 bridgehead atoms. The summed E-state index contributed by atoms with van der Waals surface area (Å²) in [6.45, 7) is 3.78. The van der Waals surface area contributed by atoms with E-state index in [-0.39, 0.29) is 12.6 Å². The Morgan fingerprint density at radius 2 is 2.09 bits per heavy atom. The van der Waals surface area contributed by atoms with Crippen molar-refractivity contribution >= 4 is 17.5 Å². The lowest BCUT2D eigenvalue weighted by Crippen LogP contribution is -2.05. The molecule has 6 heteroatoms. The molecule has 3 rings (SSSR count). The third kappa shape index (κ3) is 3.60. The molecule has 0 amide bonds. The van der Waals surface area contributed by atoms with E-state index < -0.39 is 0 Å². The Labute approximate surface area is 127 Å². The highest BCUT2D eigenvalue weighted by atomic mass is 16.5. The predicted octanol–water partition coefficient (Wildman–Crippen LogP) is 3.11. The van der Waals surface area contributed by atoms with E-state index in [1.807, 2.05) is 44.3 Å². The van der Waals surface area contributed by atoms with Gasteiger partial charge in [-0.25, -0.2) is 4.98 Å². The van der Waals surface area contributed by atoms with Gasteiger partial charge in [-0.3, -0.25) is 9.78 Å². The second-order valence-electron chi connectivity index (χ2n) is 4.79. The van der Waals surface area contributed by atoms with Crippen molar-refractivity contribution < 1.29 is 14.6 Å². The van der Waals surface area contributed by atoms with Crippen LogP contribution < -0.4 is 4.74 Å². The molecule has 1 aromatic carbocycles. The lowest BCUT2D eigenvalue weighted by atomic mass is 10.1. The first kappa shape index (κ1) is 15.5. The van der Waals surface area contributed by atoms with E-state index >= 15 is 0 Å². The van der Waals surface area contributed by atoms with Gasteiger partial charge in [0.1, 0.15) is 5.75 Å². The van der Waals surface area contributed by atoms with Crippen LogP contribution in [0.25, 0.3) is 22.2 Å². The number of fused-ring (bicyclic) bond motifs is 1. The number of H-pyrrole nitrogens is 1. The summed E-state index contributed by atoms with van der Waals surface area (Å²) in [7, 11) is 0. The van der Waals surface area contributed by atoms with Crippen LogP contribution in [0.5, 0.6) is 5.75 Å². The Morgan fingerprint density at radius 3 is 2.82 bits per heavy atom. The van der Waals surface area contributed by atoms with Crippen molar-refractivity contribution in [2.45, 2.75) is 20.0 Å². The second-order valence-corrected chi connectivity index (χ2v) is 4.79. The van der Waals surface area contributed by atoms with Crippen LogP contribution in [-0.4, -0.2) is 32.6 Å². The second kappa shape index (κ2) is 7.21. The minimum atomic E-state index is -0.250. The number of aromatic nitrogens is 3. The van der Waals surface area contributed by atoms with Gasteiger partial charge in [0.25, 0.3) is 6.47 Å². The molecule has 0 fully saturated rings. The minimum absolute atomic E-state index is 0.162. The highest BCUT2D eigenvalue weighted by Gasteiger charge is 2.08. The van der Waals surface area contributed by atoms with Gasteiger partial charge >= 0.3 is 0 Å². The van der Waals surface area contributed by atoms with Crippen molar-refractivity contribution in [3.63, 3.8) is 0 Å². The average molecular weight is 299 g/mol. The van der Waals surface area contributed by atoms with Crippen LogP contribution in [0.2, 0.25) is 0 Å². The number of rotatable bonds is 3. The molecule has 0 spiro atoms. The summed E-state index contributed by atoms with van der Waals surface area (Å²) in [6, 6.07) is 8.00. The van der Waals surface area contributed by atoms with Crippen LogP contribution >= 0.6 is 0 Å². The zero-order chi connectivity index (χ0) is 15.9. The average Bonchev–Trinajstić information content (AvgIpc) is 2.96. The number of nitrogens with one attached hydrogen (secondary N) is 1. The third-order valence-electron chi connectivity index (χ3n) is 2.85. The van der Waals surface area contributed by atoms with E-state index in [2.05, 4.69) is 15.0 Å². The van der Waals surface area contributed by atoms with Gasteiger partial charge in [0.15, 0.2) is 0 Å². The summed E-state index contributed by atoms with van der Waals surface area (Å²) in [5.41, 5.74) is 3.93. The van der Waals surface area contributed by atoms with Crippen molar-refractivity contribution in [3.8, 4) is 16.9 Å². The number of pyridine rings is 1. The Kier molecular flexibility index (Phi) is 5.08. The van der Waals surface area contributed by atoms with Crippen molar-refractivity contribution in [2.75, 3.05) is 0 Å². The van der Waals surface area contributed by atoms with Gasteiger partial charge in [-0.05, 0) is 31.5 Å². The van der Waals surface area contributed by atoms with Crippen molar-refractivity contribution in [3.05, 3.63) is 43.0 Å². The van der Waals surface area contributed by atoms with E-state index in [0.717, 1.165) is 27.9 Å². The Morgan fingerprint density at radius 1 is 1.32 bits per heavy atom. The first-order chi connectivity index (χ1) is 10.7. The zero-order valence-electron chi connectivity index (χ0n) is 12.4. The molecule has 22 heavy (non-hydrogen) atoms. The van der Waals surface area contributed by atoms with E-state index in [4.69, 9.17) is 14.6 Å². The van der Waals surface area contributed by atoms with E-state index in [1.54, 1.807) is 12.5 Å². The molecule has 0 saturated carbocycles. The molecule has 114 valence electrons. The van der Waals surface area contributed by atoms with Crippen LogP contribution in [0.3, 0.4) is 0 Å². The van der Waals surface area contributed by atoms with Gasteiger partial charge in [0, 0.05) is 11.8 Å². The highest BCUT2D eigenvalue weighted by Crippen LogP contribution is 2.28. The summed E-state index contributed by atoms with van der Waals surface area (Å²) < 4.78 is 5.72. The molecule has 2 heterocycles. The van der Waals surface area contributed by atoms with E-state index in [0.29, 0.717) is 0 Å². The maximum Gasteiger partial charge on any atom is 0.290 e. The highest BCUT2D eigenvalue weighted by molar-refractivity contribution is 5.90. The minimum Gasteiger partial charge on any atom is -0.491 e. The fourth-order valence-corrected chi connectivity index (χ4v) is 2.09. The number of hydrogen-bond donors (Lipinski definition) is 2. The maximum atomic E-state index is 8.36. The molecule has 6 nitrogen and oxygen atoms in total. The molecule has 0 unspecified atom stereocenters. The van der Waals surface area contributed by atoms with Crippen LogP contribution in [0, 0.1) is 0 Å². The van der Waals surface area contributed by atoms with Crippen LogP contribution in [-0.2, 0) is 4.79 Å². The molecule has 0 aliphatic carbocycles. The van der Waals surface area contributed by atoms with Crippen LogP contribution in [0.4, 0.5) is 0 Å². The number of hydrogen-bond acceptors (Lipinski definition) is 4. The number of imidazole rings is 1. The number of nitrogens with zero attached hydrogens (tertiary/aromatic N) is 2. The third-order valence-corrected chi connectivity index (χ3v) is 2.85. The molecule has 0 aliphatic heterocycles. The van der Waals surface area contributed by atoms with Crippen molar-refractivity contribution in [1.82, 2.24) is 15.0 Å². The predicted molar refractivity (Wildman–Crippen MR) is 83.8 cm³/mol. The van der Waals surface area contributed by atoms with Crippen molar-refractivity contribution in [1.29, 1.82) is 0 Å². The molecule has 0 radical (unpaired) electrons. The molecule has 0 aliphatic rings. The fourth-order valence-electron chi connectivity index (χ4n) is 2.09. The fraction of sp³-hybridized carbons (Fsp3) is 0.188. The molecule has 3 aromatic rings. The summed E-state index contributed by atoms with van der Waals surface area (Å²) >= 11 is 0. The van der Waals surface area contributed by atoms with Gasteiger partial charge in [-0.1, -0.05) is 12.1 Å². The smallest absolute Gasteiger partial charge is 0.290 e. The quantitative estimate of drug-likeness (QED) is 0.725. The van der Waals surface area contributed by atoms with E-state index in [1.165, 1.54) is 0 Å². The molecule has 2 aromatic heterocycles. The molecular formula is C16H17N3O3. The summed E-state index contributed by atoms with van der Waals surface area (Å²) in [5, 5.41) is 6.89. The Balaban J connectivity index is 0.000000545. The lowest BCUT2D eigenvalue weighted by Gasteiger charge is -2.11. The van der Waals surface area contributed by atoms with Crippen LogP contribution in [0.1, 0.15) is 13.8 Å². The Hall–Kier alpha value is -2.89. The molecule has 2 N–H and O–H groups in total. The summed E-state index contributed by atoms with van der Waals surface area (Å²) in [5.74, 6) is 0.861. The van der Waals surface area contributed by atoms with E-state index in [9.17, 15) is 0 Å². The number of carbonyl (C=O) groups is 1. The van der Waals surface area contributed by atoms with Gasteiger partial charge in [0.05, 0.1) is 29.7 Å². The number of aromatic amines is 1. The number of benzene rings is 1. The van der Waals surface area contributed by atoms with Crippen LogP contribution in [0.15, 0.2) is 43.0 Å². The van der Waals surface area contributed by atoms with Gasteiger partial charge in [-0.2, -0.15) is 0 Å².